The first-order chi connectivity index (χ1) is 20.1. The van der Waals surface area contributed by atoms with Crippen molar-refractivity contribution < 1.29 is 19.5 Å². The van der Waals surface area contributed by atoms with E-state index in [1.54, 1.807) is 0 Å². The lowest BCUT2D eigenvalue weighted by Gasteiger charge is -2.33. The maximum absolute atomic E-state index is 13.8. The van der Waals surface area contributed by atoms with Crippen molar-refractivity contribution in [2.24, 2.45) is 0 Å². The third-order valence-corrected chi connectivity index (χ3v) is 9.04. The van der Waals surface area contributed by atoms with Gasteiger partial charge in [0.25, 0.3) is 5.91 Å². The van der Waals surface area contributed by atoms with Crippen molar-refractivity contribution in [1.82, 2.24) is 15.5 Å². The quantitative estimate of drug-likeness (QED) is 0.276. The molecule has 9 heteroatoms. The van der Waals surface area contributed by atoms with Crippen LogP contribution in [0.1, 0.15) is 43.0 Å². The topological polar surface area (TPSA) is 111 Å². The number of nitrogens with one attached hydrogen (secondary N) is 3. The summed E-state index contributed by atoms with van der Waals surface area (Å²) in [6.07, 6.45) is -0.458. The van der Waals surface area contributed by atoms with Crippen LogP contribution in [0, 0.1) is 6.92 Å². The number of carbonyl (C=O) groups excluding carboxylic acids is 3. The van der Waals surface area contributed by atoms with Gasteiger partial charge in [-0.3, -0.25) is 9.59 Å². The van der Waals surface area contributed by atoms with Gasteiger partial charge in [0.2, 0.25) is 5.91 Å². The molecule has 3 aromatic rings. The van der Waals surface area contributed by atoms with Crippen LogP contribution >= 0.6 is 11.8 Å². The standard InChI is InChI=1S/C33H40N4O4S/c1-5-23-15-17-26(18-16-23)35-32(41)36-27(19-24-12-7-6-8-13-24)28(38)31(40)37-21-42-33(3,4)29(37)30(39)34-20-25-14-10-9-11-22(25)2/h6-18,27-29,38H,5,19-21H2,1-4H3,(H,34,39)(H2,35,36,41)/t27-,28-,29+/m0/s1. The van der Waals surface area contributed by atoms with E-state index in [9.17, 15) is 19.5 Å². The monoisotopic (exact) mass is 588 g/mol. The smallest absolute Gasteiger partial charge is 0.319 e. The molecular formula is C33H40N4O4S. The summed E-state index contributed by atoms with van der Waals surface area (Å²) in [6, 6.07) is 22.4. The average Bonchev–Trinajstić information content (AvgIpc) is 3.31. The van der Waals surface area contributed by atoms with E-state index >= 15 is 0 Å². The average molecular weight is 589 g/mol. The Balaban J connectivity index is 1.50. The van der Waals surface area contributed by atoms with E-state index in [1.807, 2.05) is 99.6 Å². The molecule has 1 heterocycles. The zero-order valence-electron chi connectivity index (χ0n) is 24.6. The molecule has 3 aromatic carbocycles. The van der Waals surface area contributed by atoms with Crippen LogP contribution in [0.4, 0.5) is 10.5 Å². The fraction of sp³-hybridized carbons (Fsp3) is 0.364. The van der Waals surface area contributed by atoms with Crippen LogP contribution in [-0.4, -0.2) is 56.7 Å². The van der Waals surface area contributed by atoms with E-state index in [0.717, 1.165) is 28.7 Å². The number of hydrogen-bond acceptors (Lipinski definition) is 5. The highest BCUT2D eigenvalue weighted by Gasteiger charge is 2.49. The van der Waals surface area contributed by atoms with Crippen LogP contribution in [0.3, 0.4) is 0 Å². The van der Waals surface area contributed by atoms with Gasteiger partial charge in [-0.2, -0.15) is 0 Å². The van der Waals surface area contributed by atoms with Gasteiger partial charge in [0.15, 0.2) is 6.10 Å². The molecule has 1 fully saturated rings. The number of urea groups is 1. The summed E-state index contributed by atoms with van der Waals surface area (Å²) >= 11 is 1.48. The zero-order chi connectivity index (χ0) is 30.3. The maximum Gasteiger partial charge on any atom is 0.319 e. The summed E-state index contributed by atoms with van der Waals surface area (Å²) in [5.41, 5.74) is 4.66. The summed E-state index contributed by atoms with van der Waals surface area (Å²) in [5.74, 6) is -0.633. The van der Waals surface area contributed by atoms with E-state index in [0.29, 0.717) is 12.2 Å². The number of aliphatic hydroxyl groups excluding tert-OH is 1. The molecule has 4 amide bonds. The lowest BCUT2D eigenvalue weighted by molar-refractivity contribution is -0.147. The first-order valence-electron chi connectivity index (χ1n) is 14.2. The van der Waals surface area contributed by atoms with Crippen LogP contribution in [0.25, 0.3) is 0 Å². The SMILES string of the molecule is CCc1ccc(NC(=O)N[C@@H](Cc2ccccc2)[C@H](O)C(=O)N2CSC(C)(C)[C@H]2C(=O)NCc2ccccc2C)cc1. The van der Waals surface area contributed by atoms with E-state index in [-0.39, 0.29) is 18.2 Å². The first-order valence-corrected chi connectivity index (χ1v) is 15.2. The lowest BCUT2D eigenvalue weighted by atomic mass is 9.97. The van der Waals surface area contributed by atoms with E-state index in [4.69, 9.17) is 0 Å². The van der Waals surface area contributed by atoms with Crippen LogP contribution < -0.4 is 16.0 Å². The van der Waals surface area contributed by atoms with Crippen molar-refractivity contribution in [3.05, 3.63) is 101 Å². The number of rotatable bonds is 10. The Hall–Kier alpha value is -3.82. The summed E-state index contributed by atoms with van der Waals surface area (Å²) in [7, 11) is 0. The van der Waals surface area contributed by atoms with Crippen LogP contribution in [0.2, 0.25) is 0 Å². The Morgan fingerprint density at radius 2 is 1.64 bits per heavy atom. The van der Waals surface area contributed by atoms with Gasteiger partial charge < -0.3 is 26.0 Å². The Bertz CT molecular complexity index is 1380. The van der Waals surface area contributed by atoms with Gasteiger partial charge in [0, 0.05) is 17.0 Å². The van der Waals surface area contributed by atoms with E-state index in [1.165, 1.54) is 16.7 Å². The molecule has 1 aliphatic rings. The fourth-order valence-electron chi connectivity index (χ4n) is 5.11. The number of benzene rings is 3. The van der Waals surface area contributed by atoms with Gasteiger partial charge in [-0.25, -0.2) is 4.79 Å². The highest BCUT2D eigenvalue weighted by molar-refractivity contribution is 8.00. The number of aryl methyl sites for hydroxylation is 2. The Morgan fingerprint density at radius 3 is 2.31 bits per heavy atom. The van der Waals surface area contributed by atoms with Gasteiger partial charge in [0.05, 0.1) is 11.9 Å². The highest BCUT2D eigenvalue weighted by Crippen LogP contribution is 2.40. The molecule has 8 nitrogen and oxygen atoms in total. The Morgan fingerprint density at radius 1 is 0.976 bits per heavy atom. The molecule has 0 aromatic heterocycles. The van der Waals surface area contributed by atoms with Crippen molar-refractivity contribution in [3.63, 3.8) is 0 Å². The third kappa shape index (κ3) is 7.72. The second-order valence-corrected chi connectivity index (χ2v) is 12.7. The van der Waals surface area contributed by atoms with Gasteiger partial charge in [-0.15, -0.1) is 11.8 Å². The molecule has 4 rings (SSSR count). The molecule has 42 heavy (non-hydrogen) atoms. The second-order valence-electron chi connectivity index (χ2n) is 11.1. The van der Waals surface area contributed by atoms with Crippen molar-refractivity contribution in [2.45, 2.75) is 70.0 Å². The van der Waals surface area contributed by atoms with Crippen molar-refractivity contribution in [3.8, 4) is 0 Å². The highest BCUT2D eigenvalue weighted by atomic mass is 32.2. The van der Waals surface area contributed by atoms with Crippen LogP contribution in [-0.2, 0) is 29.0 Å². The molecule has 0 aliphatic carbocycles. The van der Waals surface area contributed by atoms with Crippen LogP contribution in [0.15, 0.2) is 78.9 Å². The molecule has 0 bridgehead atoms. The van der Waals surface area contributed by atoms with Crippen molar-refractivity contribution >= 4 is 35.3 Å². The number of hydrogen-bond donors (Lipinski definition) is 4. The molecule has 1 saturated heterocycles. The molecule has 3 atom stereocenters. The number of nitrogens with zero attached hydrogens (tertiary/aromatic N) is 1. The molecule has 0 radical (unpaired) electrons. The Kier molecular flexibility index (Phi) is 10.3. The minimum Gasteiger partial charge on any atom is -0.381 e. The minimum atomic E-state index is -1.57. The number of anilines is 1. The predicted octanol–water partition coefficient (Wildman–Crippen LogP) is 4.65. The van der Waals surface area contributed by atoms with Crippen molar-refractivity contribution in [1.29, 1.82) is 0 Å². The minimum absolute atomic E-state index is 0.227. The molecule has 0 unspecified atom stereocenters. The van der Waals surface area contributed by atoms with Crippen molar-refractivity contribution in [2.75, 3.05) is 11.2 Å². The molecule has 4 N–H and O–H groups in total. The van der Waals surface area contributed by atoms with Gasteiger partial charge >= 0.3 is 6.03 Å². The normalized spacial score (nSPS) is 17.3. The number of carbonyl (C=O) groups is 3. The molecular weight excluding hydrogens is 548 g/mol. The lowest BCUT2D eigenvalue weighted by Crippen LogP contribution is -2.59. The van der Waals surface area contributed by atoms with Gasteiger partial charge in [0.1, 0.15) is 6.04 Å². The largest absolute Gasteiger partial charge is 0.381 e. The Labute approximate surface area is 252 Å². The molecule has 1 aliphatic heterocycles. The molecule has 0 spiro atoms. The summed E-state index contributed by atoms with van der Waals surface area (Å²) < 4.78 is -0.574. The summed E-state index contributed by atoms with van der Waals surface area (Å²) in [6.45, 7) is 8.23. The predicted molar refractivity (Wildman–Crippen MR) is 168 cm³/mol. The van der Waals surface area contributed by atoms with E-state index in [2.05, 4.69) is 22.9 Å². The maximum atomic E-state index is 13.8. The first kappa shape index (κ1) is 31.1. The molecule has 0 saturated carbocycles. The number of amides is 4. The zero-order valence-corrected chi connectivity index (χ0v) is 25.4. The van der Waals surface area contributed by atoms with Gasteiger partial charge in [-0.05, 0) is 68.0 Å². The number of aliphatic hydroxyl groups is 1. The summed E-state index contributed by atoms with van der Waals surface area (Å²) in [4.78, 5) is 41.8. The van der Waals surface area contributed by atoms with Gasteiger partial charge in [-0.1, -0.05) is 73.7 Å². The molecule has 222 valence electrons. The fourth-order valence-corrected chi connectivity index (χ4v) is 6.25. The summed E-state index contributed by atoms with van der Waals surface area (Å²) in [5, 5.41) is 20.0. The third-order valence-electron chi connectivity index (χ3n) is 7.66. The van der Waals surface area contributed by atoms with Crippen LogP contribution in [0.5, 0.6) is 0 Å². The van der Waals surface area contributed by atoms with E-state index < -0.39 is 34.9 Å². The number of thioether (sulfide) groups is 1. The second kappa shape index (κ2) is 13.9.